The van der Waals surface area contributed by atoms with E-state index in [1.165, 1.54) is 6.42 Å². The second-order valence-corrected chi connectivity index (χ2v) is 5.76. The molecule has 21 heavy (non-hydrogen) atoms. The van der Waals surface area contributed by atoms with Crippen molar-refractivity contribution in [1.29, 1.82) is 0 Å². The maximum atomic E-state index is 5.81. The highest BCUT2D eigenvalue weighted by atomic mass is 16.3. The van der Waals surface area contributed by atoms with Crippen LogP contribution in [0.5, 0.6) is 0 Å². The summed E-state index contributed by atoms with van der Waals surface area (Å²) >= 11 is 0. The second-order valence-electron chi connectivity index (χ2n) is 5.76. The molecule has 2 aromatic rings. The van der Waals surface area contributed by atoms with E-state index in [4.69, 9.17) is 15.1 Å². The molecule has 0 spiro atoms. The summed E-state index contributed by atoms with van der Waals surface area (Å²) in [6.07, 6.45) is 4.18. The van der Waals surface area contributed by atoms with Crippen molar-refractivity contribution in [2.75, 3.05) is 24.5 Å². The zero-order chi connectivity index (χ0) is 14.8. The van der Waals surface area contributed by atoms with Crippen molar-refractivity contribution in [2.45, 2.75) is 26.7 Å². The third-order valence-corrected chi connectivity index (χ3v) is 4.09. The van der Waals surface area contributed by atoms with E-state index in [9.17, 15) is 0 Å². The molecule has 1 aliphatic rings. The lowest BCUT2D eigenvalue weighted by atomic mass is 9.99. The molecule has 2 N–H and O–H groups in total. The molecule has 2 aromatic heterocycles. The number of hydrogen-bond acceptors (Lipinski definition) is 5. The molecule has 0 bridgehead atoms. The molecule has 0 amide bonds. The average Bonchev–Trinajstić information content (AvgIpc) is 2.86. The maximum Gasteiger partial charge on any atom is 0.225 e. The van der Waals surface area contributed by atoms with E-state index in [0.717, 1.165) is 54.8 Å². The Hall–Kier alpha value is -1.88. The smallest absolute Gasteiger partial charge is 0.225 e. The molecule has 1 fully saturated rings. The Morgan fingerprint density at radius 3 is 3.00 bits per heavy atom. The van der Waals surface area contributed by atoms with E-state index in [-0.39, 0.29) is 0 Å². The standard InChI is InChI=1S/C16H22N4O/c1-11-8-14(12(2)21-11)15-5-6-18-16(19-15)20-7-3-4-13(9-17)10-20/h5-6,8,13H,3-4,7,9-10,17H2,1-2H3. The number of furan rings is 1. The van der Waals surface area contributed by atoms with Crippen LogP contribution in [0.15, 0.2) is 22.7 Å². The highest BCUT2D eigenvalue weighted by Gasteiger charge is 2.21. The topological polar surface area (TPSA) is 68.2 Å². The van der Waals surface area contributed by atoms with Crippen LogP contribution in [-0.2, 0) is 0 Å². The first-order chi connectivity index (χ1) is 10.2. The number of hydrogen-bond donors (Lipinski definition) is 1. The van der Waals surface area contributed by atoms with Crippen LogP contribution in [0, 0.1) is 19.8 Å². The summed E-state index contributed by atoms with van der Waals surface area (Å²) in [7, 11) is 0. The molecule has 1 atom stereocenters. The average molecular weight is 286 g/mol. The fraction of sp³-hybridized carbons (Fsp3) is 0.500. The second kappa shape index (κ2) is 5.85. The molecule has 5 heteroatoms. The van der Waals surface area contributed by atoms with E-state index in [2.05, 4.69) is 9.88 Å². The number of rotatable bonds is 3. The first-order valence-corrected chi connectivity index (χ1v) is 7.53. The van der Waals surface area contributed by atoms with Crippen molar-refractivity contribution < 1.29 is 4.42 Å². The molecule has 3 heterocycles. The molecule has 112 valence electrons. The summed E-state index contributed by atoms with van der Waals surface area (Å²) in [6, 6.07) is 3.96. The van der Waals surface area contributed by atoms with Gasteiger partial charge in [0.05, 0.1) is 5.69 Å². The number of anilines is 1. The number of nitrogens with zero attached hydrogens (tertiary/aromatic N) is 3. The van der Waals surface area contributed by atoms with Gasteiger partial charge in [-0.2, -0.15) is 0 Å². The summed E-state index contributed by atoms with van der Waals surface area (Å²) in [5, 5.41) is 0. The van der Waals surface area contributed by atoms with Crippen molar-refractivity contribution in [3.63, 3.8) is 0 Å². The molecule has 1 aliphatic heterocycles. The van der Waals surface area contributed by atoms with Crippen LogP contribution >= 0.6 is 0 Å². The minimum absolute atomic E-state index is 0.545. The Bertz CT molecular complexity index is 622. The van der Waals surface area contributed by atoms with E-state index >= 15 is 0 Å². The molecular formula is C16H22N4O. The van der Waals surface area contributed by atoms with Gasteiger partial charge in [0, 0.05) is 24.8 Å². The first kappa shape index (κ1) is 14.1. The SMILES string of the molecule is Cc1cc(-c2ccnc(N3CCCC(CN)C3)n2)c(C)o1. The zero-order valence-electron chi connectivity index (χ0n) is 12.7. The van der Waals surface area contributed by atoms with Gasteiger partial charge in [0.1, 0.15) is 11.5 Å². The van der Waals surface area contributed by atoms with Gasteiger partial charge in [-0.25, -0.2) is 9.97 Å². The Labute approximate surface area is 125 Å². The van der Waals surface area contributed by atoms with Gasteiger partial charge in [-0.1, -0.05) is 0 Å². The largest absolute Gasteiger partial charge is 0.466 e. The van der Waals surface area contributed by atoms with Crippen molar-refractivity contribution in [1.82, 2.24) is 9.97 Å². The van der Waals surface area contributed by atoms with Crippen LogP contribution in [-0.4, -0.2) is 29.6 Å². The van der Waals surface area contributed by atoms with Crippen LogP contribution in [0.4, 0.5) is 5.95 Å². The predicted molar refractivity (Wildman–Crippen MR) is 83.2 cm³/mol. The summed E-state index contributed by atoms with van der Waals surface area (Å²) in [5.74, 6) is 3.15. The number of piperidine rings is 1. The van der Waals surface area contributed by atoms with Gasteiger partial charge in [-0.15, -0.1) is 0 Å². The van der Waals surface area contributed by atoms with Crippen LogP contribution in [0.1, 0.15) is 24.4 Å². The van der Waals surface area contributed by atoms with Gasteiger partial charge in [-0.3, -0.25) is 0 Å². The first-order valence-electron chi connectivity index (χ1n) is 7.53. The Balaban J connectivity index is 1.88. The molecule has 0 aromatic carbocycles. The normalized spacial score (nSPS) is 19.0. The number of aromatic nitrogens is 2. The highest BCUT2D eigenvalue weighted by Crippen LogP contribution is 2.27. The van der Waals surface area contributed by atoms with Gasteiger partial charge in [0.25, 0.3) is 0 Å². The number of nitrogens with two attached hydrogens (primary N) is 1. The van der Waals surface area contributed by atoms with Gasteiger partial charge in [0.15, 0.2) is 0 Å². The zero-order valence-corrected chi connectivity index (χ0v) is 12.7. The molecule has 1 saturated heterocycles. The van der Waals surface area contributed by atoms with Crippen LogP contribution in [0.25, 0.3) is 11.3 Å². The Kier molecular flexibility index (Phi) is 3.92. The Morgan fingerprint density at radius 2 is 2.29 bits per heavy atom. The highest BCUT2D eigenvalue weighted by molar-refractivity contribution is 5.62. The lowest BCUT2D eigenvalue weighted by Crippen LogP contribution is -2.39. The minimum Gasteiger partial charge on any atom is -0.466 e. The minimum atomic E-state index is 0.545. The number of aryl methyl sites for hydroxylation is 2. The van der Waals surface area contributed by atoms with Crippen molar-refractivity contribution in [3.05, 3.63) is 29.9 Å². The van der Waals surface area contributed by atoms with Crippen molar-refractivity contribution in [2.24, 2.45) is 11.7 Å². The van der Waals surface area contributed by atoms with Crippen LogP contribution in [0.3, 0.4) is 0 Å². The van der Waals surface area contributed by atoms with Gasteiger partial charge in [-0.05, 0) is 51.3 Å². The molecular weight excluding hydrogens is 264 g/mol. The van der Waals surface area contributed by atoms with E-state index in [1.54, 1.807) is 0 Å². The fourth-order valence-corrected chi connectivity index (χ4v) is 2.97. The van der Waals surface area contributed by atoms with E-state index < -0.39 is 0 Å². The maximum absolute atomic E-state index is 5.81. The lowest BCUT2D eigenvalue weighted by Gasteiger charge is -2.32. The summed E-state index contributed by atoms with van der Waals surface area (Å²) in [5.41, 5.74) is 7.77. The molecule has 1 unspecified atom stereocenters. The van der Waals surface area contributed by atoms with Crippen LogP contribution < -0.4 is 10.6 Å². The summed E-state index contributed by atoms with van der Waals surface area (Å²) < 4.78 is 5.60. The van der Waals surface area contributed by atoms with Crippen LogP contribution in [0.2, 0.25) is 0 Å². The van der Waals surface area contributed by atoms with Crippen molar-refractivity contribution >= 4 is 5.95 Å². The summed E-state index contributed by atoms with van der Waals surface area (Å²) in [4.78, 5) is 11.4. The van der Waals surface area contributed by atoms with Crippen molar-refractivity contribution in [3.8, 4) is 11.3 Å². The molecule has 5 nitrogen and oxygen atoms in total. The predicted octanol–water partition coefficient (Wildman–Crippen LogP) is 2.53. The molecule has 0 radical (unpaired) electrons. The van der Waals surface area contributed by atoms with Gasteiger partial charge in [0.2, 0.25) is 5.95 Å². The quantitative estimate of drug-likeness (QED) is 0.939. The van der Waals surface area contributed by atoms with Gasteiger partial charge < -0.3 is 15.1 Å². The monoisotopic (exact) mass is 286 g/mol. The summed E-state index contributed by atoms with van der Waals surface area (Å²) in [6.45, 7) is 6.60. The Morgan fingerprint density at radius 1 is 1.43 bits per heavy atom. The van der Waals surface area contributed by atoms with E-state index in [0.29, 0.717) is 5.92 Å². The fourth-order valence-electron chi connectivity index (χ4n) is 2.97. The third kappa shape index (κ3) is 2.93. The molecule has 0 aliphatic carbocycles. The van der Waals surface area contributed by atoms with Gasteiger partial charge >= 0.3 is 0 Å². The molecule has 3 rings (SSSR count). The van der Waals surface area contributed by atoms with E-state index in [1.807, 2.05) is 32.2 Å². The molecule has 0 saturated carbocycles. The third-order valence-electron chi connectivity index (χ3n) is 4.09. The lowest BCUT2D eigenvalue weighted by molar-refractivity contribution is 0.419.